The third-order valence-corrected chi connectivity index (χ3v) is 58.1. The molecule has 0 aliphatic carbocycles. The number of thioether (sulfide) groups is 4. The Balaban J connectivity index is 1.34. The zero-order valence-corrected chi connectivity index (χ0v) is 21.1. The van der Waals surface area contributed by atoms with Crippen LogP contribution in [0.15, 0.2) is 0 Å². The summed E-state index contributed by atoms with van der Waals surface area (Å²) in [4.78, 5) is 0. The number of hydrogen-bond donors (Lipinski definition) is 0. The first kappa shape index (κ1) is 18.0. The normalized spacial score (nSPS) is 38.9. The second-order valence-corrected chi connectivity index (χ2v) is 53.0. The topological polar surface area (TPSA) is 0 Å². The maximum absolute atomic E-state index is 2.50. The molecule has 0 radical (unpaired) electrons. The Bertz CT molecular complexity index is 284. The fourth-order valence-electron chi connectivity index (χ4n) is 1.69. The van der Waals surface area contributed by atoms with Crippen molar-refractivity contribution >= 4 is 95.7 Å². The molecular formula is C12H20S8Sn. The van der Waals surface area contributed by atoms with Crippen molar-refractivity contribution in [2.75, 3.05) is 46.0 Å². The molecule has 0 nitrogen and oxygen atoms in total. The van der Waals surface area contributed by atoms with Crippen LogP contribution in [0.5, 0.6) is 0 Å². The van der Waals surface area contributed by atoms with E-state index in [0.29, 0.717) is 0 Å². The first-order valence-corrected chi connectivity index (χ1v) is 29.5. The molecule has 21 heavy (non-hydrogen) atoms. The number of rotatable bonds is 12. The van der Waals surface area contributed by atoms with Crippen molar-refractivity contribution < 1.29 is 0 Å². The van der Waals surface area contributed by atoms with E-state index in [1.54, 1.807) is 0 Å². The zero-order valence-electron chi connectivity index (χ0n) is 11.7. The zero-order chi connectivity index (χ0) is 14.1. The van der Waals surface area contributed by atoms with Crippen LogP contribution in [0.1, 0.15) is 0 Å². The monoisotopic (exact) mass is 540 g/mol. The van der Waals surface area contributed by atoms with E-state index in [2.05, 4.69) is 82.8 Å². The van der Waals surface area contributed by atoms with Crippen molar-refractivity contribution in [3.8, 4) is 0 Å². The Morgan fingerprint density at radius 3 is 1.00 bits per heavy atom. The second kappa shape index (κ2) is 8.53. The molecule has 0 bridgehead atoms. The molecule has 4 aliphatic rings. The van der Waals surface area contributed by atoms with Crippen LogP contribution in [0.3, 0.4) is 0 Å². The van der Waals surface area contributed by atoms with Gasteiger partial charge in [0.1, 0.15) is 0 Å². The fourth-order valence-corrected chi connectivity index (χ4v) is 57.0. The molecule has 0 aromatic carbocycles. The fraction of sp³-hybridized carbons (Fsp3) is 1.00. The van der Waals surface area contributed by atoms with E-state index in [0.717, 1.165) is 21.0 Å². The molecule has 4 unspecified atom stereocenters. The summed E-state index contributed by atoms with van der Waals surface area (Å²) in [6.45, 7) is 0. The van der Waals surface area contributed by atoms with Crippen LogP contribution >= 0.6 is 82.8 Å². The SMILES string of the molecule is C1SC1C[S][Sn]([S]CC1CS1)([S]CC1CS1)[S]CC1CS1. The molecule has 4 fully saturated rings. The molecule has 0 aromatic heterocycles. The summed E-state index contributed by atoms with van der Waals surface area (Å²) in [5, 5.41) is 4.09. The molecule has 4 rings (SSSR count). The van der Waals surface area contributed by atoms with Crippen LogP contribution in [-0.4, -0.2) is 79.9 Å². The third-order valence-electron chi connectivity index (χ3n) is 3.39. The van der Waals surface area contributed by atoms with Crippen LogP contribution in [0.4, 0.5) is 0 Å². The maximum atomic E-state index is 2.50. The number of hydrogen-bond acceptors (Lipinski definition) is 8. The van der Waals surface area contributed by atoms with Crippen molar-refractivity contribution in [2.45, 2.75) is 21.0 Å². The Labute approximate surface area is 160 Å². The molecule has 0 aromatic rings. The van der Waals surface area contributed by atoms with Gasteiger partial charge in [0.2, 0.25) is 0 Å². The molecule has 0 amide bonds. The summed E-state index contributed by atoms with van der Waals surface area (Å²) in [6.07, 6.45) is 0. The summed E-state index contributed by atoms with van der Waals surface area (Å²) >= 11 is 6.64. The van der Waals surface area contributed by atoms with Gasteiger partial charge in [-0.3, -0.25) is 0 Å². The van der Waals surface area contributed by atoms with Crippen molar-refractivity contribution in [3.63, 3.8) is 0 Å². The van der Waals surface area contributed by atoms with Gasteiger partial charge in [-0.1, -0.05) is 0 Å². The standard InChI is InChI=1S/4C3H6S2.Sn/c4*4-1-3-2-5-3;/h4*3-4H,1-2H2;/q;;;;+4/p-4. The van der Waals surface area contributed by atoms with E-state index in [1.165, 1.54) is 46.0 Å². The first-order chi connectivity index (χ1) is 10.3. The van der Waals surface area contributed by atoms with Crippen LogP contribution in [0.25, 0.3) is 0 Å². The summed E-state index contributed by atoms with van der Waals surface area (Å²) in [5.41, 5.74) is 0. The molecule has 9 heteroatoms. The summed E-state index contributed by atoms with van der Waals surface area (Å²) < 4.78 is 0. The summed E-state index contributed by atoms with van der Waals surface area (Å²) in [7, 11) is 10.00. The Kier molecular flexibility index (Phi) is 7.30. The van der Waals surface area contributed by atoms with Gasteiger partial charge in [0.15, 0.2) is 0 Å². The van der Waals surface area contributed by atoms with E-state index in [-0.39, 0.29) is 0 Å². The third kappa shape index (κ3) is 7.02. The van der Waals surface area contributed by atoms with Gasteiger partial charge in [0.05, 0.1) is 0 Å². The van der Waals surface area contributed by atoms with Gasteiger partial charge in [0.25, 0.3) is 0 Å². The molecule has 120 valence electrons. The Hall–Kier alpha value is 3.60. The molecule has 0 spiro atoms. The molecular weight excluding hydrogens is 519 g/mol. The summed E-state index contributed by atoms with van der Waals surface area (Å²) in [5.74, 6) is 11.7. The van der Waals surface area contributed by atoms with Crippen molar-refractivity contribution in [3.05, 3.63) is 0 Å². The molecule has 4 saturated heterocycles. The van der Waals surface area contributed by atoms with E-state index >= 15 is 0 Å². The van der Waals surface area contributed by atoms with E-state index in [1.807, 2.05) is 0 Å². The average molecular weight is 540 g/mol. The quantitative estimate of drug-likeness (QED) is 0.253. The molecule has 0 saturated carbocycles. The van der Waals surface area contributed by atoms with E-state index < -0.39 is 12.8 Å². The first-order valence-electron chi connectivity index (χ1n) is 7.33. The molecule has 4 aliphatic heterocycles. The van der Waals surface area contributed by atoms with Crippen LogP contribution < -0.4 is 0 Å². The predicted molar refractivity (Wildman–Crippen MR) is 121 cm³/mol. The van der Waals surface area contributed by atoms with Gasteiger partial charge in [-0.2, -0.15) is 0 Å². The minimum absolute atomic E-state index is 1.02. The van der Waals surface area contributed by atoms with Gasteiger partial charge in [-0.05, 0) is 0 Å². The molecule has 4 heterocycles. The van der Waals surface area contributed by atoms with Gasteiger partial charge in [-0.15, -0.1) is 0 Å². The van der Waals surface area contributed by atoms with E-state index in [4.69, 9.17) is 0 Å². The Morgan fingerprint density at radius 2 is 0.810 bits per heavy atom. The minimum atomic E-state index is -2.13. The van der Waals surface area contributed by atoms with Crippen LogP contribution in [0.2, 0.25) is 0 Å². The van der Waals surface area contributed by atoms with Crippen LogP contribution in [0, 0.1) is 0 Å². The van der Waals surface area contributed by atoms with Crippen molar-refractivity contribution in [2.24, 2.45) is 0 Å². The second-order valence-electron chi connectivity index (χ2n) is 5.57. The van der Waals surface area contributed by atoms with Crippen molar-refractivity contribution in [1.82, 2.24) is 0 Å². The van der Waals surface area contributed by atoms with E-state index in [9.17, 15) is 0 Å². The average Bonchev–Trinajstić information content (AvgIpc) is 3.39. The van der Waals surface area contributed by atoms with Gasteiger partial charge >= 0.3 is 163 Å². The predicted octanol–water partition coefficient (Wildman–Crippen LogP) is 4.82. The van der Waals surface area contributed by atoms with Crippen molar-refractivity contribution in [1.29, 1.82) is 0 Å². The van der Waals surface area contributed by atoms with Crippen LogP contribution in [-0.2, 0) is 0 Å². The Morgan fingerprint density at radius 1 is 0.571 bits per heavy atom. The van der Waals surface area contributed by atoms with Gasteiger partial charge < -0.3 is 0 Å². The summed E-state index contributed by atoms with van der Waals surface area (Å²) in [6, 6.07) is 0. The molecule has 0 N–H and O–H groups in total. The molecule has 4 atom stereocenters. The van der Waals surface area contributed by atoms with Gasteiger partial charge in [-0.25, -0.2) is 0 Å². The van der Waals surface area contributed by atoms with Gasteiger partial charge in [0, 0.05) is 0 Å².